The zero-order valence-electron chi connectivity index (χ0n) is 12.4. The predicted octanol–water partition coefficient (Wildman–Crippen LogP) is 2.83. The Hall–Kier alpha value is -1.10. The van der Waals surface area contributed by atoms with Gasteiger partial charge >= 0.3 is 0 Å². The monoisotopic (exact) mass is 279 g/mol. The highest BCUT2D eigenvalue weighted by Gasteiger charge is 2.18. The Kier molecular flexibility index (Phi) is 6.30. The molecule has 20 heavy (non-hydrogen) atoms. The second kappa shape index (κ2) is 8.25. The van der Waals surface area contributed by atoms with E-state index >= 15 is 0 Å². The van der Waals surface area contributed by atoms with Gasteiger partial charge in [-0.2, -0.15) is 0 Å². The molecule has 1 aliphatic rings. The van der Waals surface area contributed by atoms with Gasteiger partial charge in [0.15, 0.2) is 0 Å². The number of hydrogen-bond donors (Lipinski definition) is 1. The Morgan fingerprint density at radius 1 is 1.35 bits per heavy atom. The van der Waals surface area contributed by atoms with E-state index in [0.717, 1.165) is 25.1 Å². The van der Waals surface area contributed by atoms with Crippen LogP contribution in [0.4, 0.5) is 5.69 Å². The summed E-state index contributed by atoms with van der Waals surface area (Å²) in [5, 5.41) is 3.59. The van der Waals surface area contributed by atoms with E-state index < -0.39 is 0 Å². The highest BCUT2D eigenvalue weighted by Crippen LogP contribution is 2.19. The molecule has 4 heteroatoms. The number of ether oxygens (including phenoxy) is 3. The standard InChI is InChI=1S/C16H25NO3/c1-13-10-16(6-7-20-13)17-15-5-3-4-14(11-15)12-19-9-8-18-2/h3-5,11,13,16-17H,6-10,12H2,1-2H3. The van der Waals surface area contributed by atoms with Gasteiger partial charge in [0, 0.05) is 25.4 Å². The maximum atomic E-state index is 5.57. The fraction of sp³-hybridized carbons (Fsp3) is 0.625. The molecule has 0 radical (unpaired) electrons. The lowest BCUT2D eigenvalue weighted by Crippen LogP contribution is -2.32. The van der Waals surface area contributed by atoms with Crippen LogP contribution in [0.1, 0.15) is 25.3 Å². The average Bonchev–Trinajstić information content (AvgIpc) is 2.44. The first kappa shape index (κ1) is 15.3. The molecule has 1 aromatic rings. The van der Waals surface area contributed by atoms with Crippen molar-refractivity contribution in [2.75, 3.05) is 32.2 Å². The SMILES string of the molecule is COCCOCc1cccc(NC2CCOC(C)C2)c1. The number of anilines is 1. The summed E-state index contributed by atoms with van der Waals surface area (Å²) in [6.07, 6.45) is 2.48. The van der Waals surface area contributed by atoms with Crippen molar-refractivity contribution in [1.82, 2.24) is 0 Å². The third-order valence-electron chi connectivity index (χ3n) is 3.48. The Morgan fingerprint density at radius 2 is 2.25 bits per heavy atom. The Morgan fingerprint density at radius 3 is 3.05 bits per heavy atom. The molecule has 0 saturated carbocycles. The second-order valence-electron chi connectivity index (χ2n) is 5.29. The van der Waals surface area contributed by atoms with Gasteiger partial charge in [0.1, 0.15) is 0 Å². The Labute approximate surface area is 121 Å². The summed E-state index contributed by atoms with van der Waals surface area (Å²) in [4.78, 5) is 0. The van der Waals surface area contributed by atoms with Crippen LogP contribution in [-0.4, -0.2) is 39.1 Å². The maximum Gasteiger partial charge on any atom is 0.0718 e. The van der Waals surface area contributed by atoms with Gasteiger partial charge in [-0.3, -0.25) is 0 Å². The zero-order chi connectivity index (χ0) is 14.2. The third-order valence-corrected chi connectivity index (χ3v) is 3.48. The van der Waals surface area contributed by atoms with Crippen molar-refractivity contribution in [1.29, 1.82) is 0 Å². The number of rotatable bonds is 7. The van der Waals surface area contributed by atoms with E-state index in [-0.39, 0.29) is 0 Å². The first-order chi connectivity index (χ1) is 9.78. The molecule has 1 saturated heterocycles. The summed E-state index contributed by atoms with van der Waals surface area (Å²) in [6.45, 7) is 4.87. The van der Waals surface area contributed by atoms with Crippen LogP contribution in [0.3, 0.4) is 0 Å². The molecule has 0 aromatic heterocycles. The third kappa shape index (κ3) is 5.12. The van der Waals surface area contributed by atoms with E-state index in [4.69, 9.17) is 14.2 Å². The van der Waals surface area contributed by atoms with E-state index in [1.807, 2.05) is 0 Å². The average molecular weight is 279 g/mol. The van der Waals surface area contributed by atoms with Gasteiger partial charge in [-0.15, -0.1) is 0 Å². The fourth-order valence-electron chi connectivity index (χ4n) is 2.45. The quantitative estimate of drug-likeness (QED) is 0.779. The summed E-state index contributed by atoms with van der Waals surface area (Å²) < 4.78 is 16.1. The Bertz CT molecular complexity index is 397. The van der Waals surface area contributed by atoms with Crippen LogP contribution in [0.5, 0.6) is 0 Å². The summed E-state index contributed by atoms with van der Waals surface area (Å²) in [6, 6.07) is 8.93. The highest BCUT2D eigenvalue weighted by atomic mass is 16.5. The normalized spacial score (nSPS) is 22.7. The van der Waals surface area contributed by atoms with Gasteiger partial charge in [-0.25, -0.2) is 0 Å². The van der Waals surface area contributed by atoms with Crippen LogP contribution in [0.2, 0.25) is 0 Å². The molecule has 1 aliphatic heterocycles. The van der Waals surface area contributed by atoms with E-state index in [9.17, 15) is 0 Å². The van der Waals surface area contributed by atoms with Crippen molar-refractivity contribution in [3.05, 3.63) is 29.8 Å². The van der Waals surface area contributed by atoms with Crippen molar-refractivity contribution in [2.45, 2.75) is 38.5 Å². The minimum atomic E-state index is 0.349. The maximum absolute atomic E-state index is 5.57. The zero-order valence-corrected chi connectivity index (χ0v) is 12.4. The lowest BCUT2D eigenvalue weighted by atomic mass is 10.0. The van der Waals surface area contributed by atoms with Gasteiger partial charge in [-0.05, 0) is 37.5 Å². The van der Waals surface area contributed by atoms with Crippen LogP contribution in [0.15, 0.2) is 24.3 Å². The summed E-state index contributed by atoms with van der Waals surface area (Å²) >= 11 is 0. The molecule has 1 heterocycles. The molecule has 2 unspecified atom stereocenters. The minimum Gasteiger partial charge on any atom is -0.382 e. The molecule has 4 nitrogen and oxygen atoms in total. The largest absolute Gasteiger partial charge is 0.382 e. The molecule has 1 N–H and O–H groups in total. The van der Waals surface area contributed by atoms with Gasteiger partial charge in [-0.1, -0.05) is 12.1 Å². The van der Waals surface area contributed by atoms with Gasteiger partial charge < -0.3 is 19.5 Å². The number of methoxy groups -OCH3 is 1. The van der Waals surface area contributed by atoms with Crippen molar-refractivity contribution >= 4 is 5.69 Å². The molecular formula is C16H25NO3. The molecule has 0 bridgehead atoms. The van der Waals surface area contributed by atoms with E-state index in [2.05, 4.69) is 36.5 Å². The molecular weight excluding hydrogens is 254 g/mol. The van der Waals surface area contributed by atoms with Crippen molar-refractivity contribution in [3.63, 3.8) is 0 Å². The highest BCUT2D eigenvalue weighted by molar-refractivity contribution is 5.46. The molecule has 112 valence electrons. The lowest BCUT2D eigenvalue weighted by Gasteiger charge is -2.28. The second-order valence-corrected chi connectivity index (χ2v) is 5.29. The van der Waals surface area contributed by atoms with Gasteiger partial charge in [0.05, 0.1) is 25.9 Å². The van der Waals surface area contributed by atoms with Crippen LogP contribution in [0.25, 0.3) is 0 Å². The fourth-order valence-corrected chi connectivity index (χ4v) is 2.45. The summed E-state index contributed by atoms with van der Waals surface area (Å²) in [5.41, 5.74) is 2.35. The molecule has 0 spiro atoms. The number of nitrogens with one attached hydrogen (secondary N) is 1. The van der Waals surface area contributed by atoms with Crippen LogP contribution < -0.4 is 5.32 Å². The molecule has 0 amide bonds. The number of benzene rings is 1. The van der Waals surface area contributed by atoms with E-state index in [1.54, 1.807) is 7.11 Å². The Balaban J connectivity index is 1.82. The number of hydrogen-bond acceptors (Lipinski definition) is 4. The van der Waals surface area contributed by atoms with Crippen molar-refractivity contribution in [2.24, 2.45) is 0 Å². The molecule has 2 atom stereocenters. The predicted molar refractivity (Wildman–Crippen MR) is 80.0 cm³/mol. The van der Waals surface area contributed by atoms with Gasteiger partial charge in [0.2, 0.25) is 0 Å². The smallest absolute Gasteiger partial charge is 0.0718 e. The van der Waals surface area contributed by atoms with E-state index in [0.29, 0.717) is 32.0 Å². The first-order valence-electron chi connectivity index (χ1n) is 7.31. The molecule has 2 rings (SSSR count). The van der Waals surface area contributed by atoms with Gasteiger partial charge in [0.25, 0.3) is 0 Å². The molecule has 1 aromatic carbocycles. The minimum absolute atomic E-state index is 0.349. The summed E-state index contributed by atoms with van der Waals surface area (Å²) in [7, 11) is 1.68. The van der Waals surface area contributed by atoms with Crippen molar-refractivity contribution in [3.8, 4) is 0 Å². The molecule has 1 fully saturated rings. The summed E-state index contributed by atoms with van der Waals surface area (Å²) in [5.74, 6) is 0. The van der Waals surface area contributed by atoms with Crippen LogP contribution >= 0.6 is 0 Å². The van der Waals surface area contributed by atoms with E-state index in [1.165, 1.54) is 5.56 Å². The van der Waals surface area contributed by atoms with Crippen LogP contribution in [0, 0.1) is 0 Å². The first-order valence-corrected chi connectivity index (χ1v) is 7.31. The van der Waals surface area contributed by atoms with Crippen LogP contribution in [-0.2, 0) is 20.8 Å². The van der Waals surface area contributed by atoms with Crippen molar-refractivity contribution < 1.29 is 14.2 Å². The topological polar surface area (TPSA) is 39.7 Å². The lowest BCUT2D eigenvalue weighted by molar-refractivity contribution is 0.0232. The molecule has 0 aliphatic carbocycles.